The van der Waals surface area contributed by atoms with Crippen molar-refractivity contribution >= 4 is 17.4 Å². The third-order valence-corrected chi connectivity index (χ3v) is 3.14. The molecule has 0 aliphatic rings. The van der Waals surface area contributed by atoms with Gasteiger partial charge in [0.25, 0.3) is 0 Å². The second-order valence-electron chi connectivity index (χ2n) is 4.42. The Kier molecular flexibility index (Phi) is 4.16. The summed E-state index contributed by atoms with van der Waals surface area (Å²) in [6.45, 7) is 2.06. The summed E-state index contributed by atoms with van der Waals surface area (Å²) in [5.74, 6) is 0.160. The lowest BCUT2D eigenvalue weighted by Gasteiger charge is -2.03. The van der Waals surface area contributed by atoms with Crippen molar-refractivity contribution in [3.05, 3.63) is 70.2 Å². The first-order valence-electron chi connectivity index (χ1n) is 5.99. The van der Waals surface area contributed by atoms with E-state index in [-0.39, 0.29) is 5.78 Å². The zero-order valence-corrected chi connectivity index (χ0v) is 11.1. The van der Waals surface area contributed by atoms with Crippen LogP contribution in [0.1, 0.15) is 27.9 Å². The van der Waals surface area contributed by atoms with Gasteiger partial charge in [0.1, 0.15) is 0 Å². The van der Waals surface area contributed by atoms with Gasteiger partial charge in [-0.05, 0) is 43.2 Å². The molecule has 0 fully saturated rings. The summed E-state index contributed by atoms with van der Waals surface area (Å²) in [4.78, 5) is 12.0. The molecule has 18 heavy (non-hydrogen) atoms. The van der Waals surface area contributed by atoms with Crippen molar-refractivity contribution in [2.75, 3.05) is 0 Å². The Hall–Kier alpha value is -1.60. The van der Waals surface area contributed by atoms with Gasteiger partial charge in [0.2, 0.25) is 0 Å². The summed E-state index contributed by atoms with van der Waals surface area (Å²) in [5.41, 5.74) is 3.16. The van der Waals surface area contributed by atoms with Gasteiger partial charge in [-0.3, -0.25) is 4.79 Å². The minimum Gasteiger partial charge on any atom is -0.294 e. The van der Waals surface area contributed by atoms with Crippen LogP contribution in [0.5, 0.6) is 0 Å². The molecule has 0 saturated heterocycles. The van der Waals surface area contributed by atoms with Gasteiger partial charge in [0.15, 0.2) is 5.78 Å². The summed E-state index contributed by atoms with van der Waals surface area (Å²) < 4.78 is 0. The monoisotopic (exact) mass is 258 g/mol. The Morgan fingerprint density at radius 1 is 1.11 bits per heavy atom. The lowest BCUT2D eigenvalue weighted by molar-refractivity contribution is 0.0983. The van der Waals surface area contributed by atoms with E-state index in [0.717, 1.165) is 12.0 Å². The average molecular weight is 259 g/mol. The molecule has 2 rings (SSSR count). The highest BCUT2D eigenvalue weighted by atomic mass is 35.5. The highest BCUT2D eigenvalue weighted by Gasteiger charge is 2.06. The molecular weight excluding hydrogens is 244 g/mol. The number of hydrogen-bond acceptors (Lipinski definition) is 1. The molecule has 0 N–H and O–H groups in total. The molecule has 0 bridgehead atoms. The maximum absolute atomic E-state index is 12.0. The van der Waals surface area contributed by atoms with Gasteiger partial charge < -0.3 is 0 Å². The second-order valence-corrected chi connectivity index (χ2v) is 4.86. The van der Waals surface area contributed by atoms with E-state index in [4.69, 9.17) is 11.6 Å². The van der Waals surface area contributed by atoms with Crippen LogP contribution in [0.2, 0.25) is 5.02 Å². The summed E-state index contributed by atoms with van der Waals surface area (Å²) in [6.07, 6.45) is 1.31. The molecule has 1 nitrogen and oxygen atoms in total. The number of carbonyl (C=O) groups is 1. The van der Waals surface area contributed by atoms with E-state index in [9.17, 15) is 4.79 Å². The first kappa shape index (κ1) is 12.8. The summed E-state index contributed by atoms with van der Waals surface area (Å²) in [6, 6.07) is 15.3. The minimum atomic E-state index is 0.160. The third-order valence-electron chi connectivity index (χ3n) is 2.89. The van der Waals surface area contributed by atoms with Crippen molar-refractivity contribution in [2.45, 2.75) is 19.8 Å². The van der Waals surface area contributed by atoms with Crippen LogP contribution < -0.4 is 0 Å². The minimum absolute atomic E-state index is 0.160. The van der Waals surface area contributed by atoms with Crippen LogP contribution in [0.4, 0.5) is 0 Å². The van der Waals surface area contributed by atoms with Crippen molar-refractivity contribution < 1.29 is 4.79 Å². The summed E-state index contributed by atoms with van der Waals surface area (Å²) in [7, 11) is 0. The molecular formula is C16H15ClO. The first-order chi connectivity index (χ1) is 8.65. The van der Waals surface area contributed by atoms with Gasteiger partial charge in [-0.1, -0.05) is 41.4 Å². The number of halogens is 1. The van der Waals surface area contributed by atoms with Crippen LogP contribution in [0, 0.1) is 6.92 Å². The Balaban J connectivity index is 1.98. The molecule has 0 heterocycles. The predicted molar refractivity (Wildman–Crippen MR) is 75.3 cm³/mol. The zero-order valence-electron chi connectivity index (χ0n) is 10.3. The van der Waals surface area contributed by atoms with E-state index in [1.807, 2.05) is 6.07 Å². The van der Waals surface area contributed by atoms with Crippen molar-refractivity contribution in [1.82, 2.24) is 0 Å². The molecule has 0 unspecified atom stereocenters. The molecule has 0 aromatic heterocycles. The molecule has 0 amide bonds. The lowest BCUT2D eigenvalue weighted by atomic mass is 10.0. The van der Waals surface area contributed by atoms with Crippen LogP contribution in [-0.4, -0.2) is 5.78 Å². The van der Waals surface area contributed by atoms with Crippen molar-refractivity contribution in [2.24, 2.45) is 0 Å². The van der Waals surface area contributed by atoms with Crippen LogP contribution in [0.3, 0.4) is 0 Å². The maximum atomic E-state index is 12.0. The van der Waals surface area contributed by atoms with Gasteiger partial charge in [-0.15, -0.1) is 0 Å². The van der Waals surface area contributed by atoms with E-state index >= 15 is 0 Å². The average Bonchev–Trinajstić information content (AvgIpc) is 2.37. The third kappa shape index (κ3) is 3.44. The standard InChI is InChI=1S/C16H15ClO/c1-12-3-2-4-13(11-12)5-10-16(18)14-6-8-15(17)9-7-14/h2-4,6-9,11H,5,10H2,1H3. The number of ketones is 1. The maximum Gasteiger partial charge on any atom is 0.163 e. The molecule has 0 spiro atoms. The number of aryl methyl sites for hydroxylation is 2. The molecule has 0 aliphatic heterocycles. The quantitative estimate of drug-likeness (QED) is 0.740. The molecule has 2 aromatic carbocycles. The van der Waals surface area contributed by atoms with E-state index < -0.39 is 0 Å². The second kappa shape index (κ2) is 5.83. The van der Waals surface area contributed by atoms with Crippen molar-refractivity contribution in [3.63, 3.8) is 0 Å². The predicted octanol–water partition coefficient (Wildman–Crippen LogP) is 4.46. The highest BCUT2D eigenvalue weighted by molar-refractivity contribution is 6.30. The van der Waals surface area contributed by atoms with E-state index in [2.05, 4.69) is 25.1 Å². The largest absolute Gasteiger partial charge is 0.294 e. The van der Waals surface area contributed by atoms with Gasteiger partial charge in [0.05, 0.1) is 0 Å². The molecule has 92 valence electrons. The zero-order chi connectivity index (χ0) is 13.0. The number of rotatable bonds is 4. The molecule has 0 aliphatic carbocycles. The molecule has 0 atom stereocenters. The molecule has 0 radical (unpaired) electrons. The van der Waals surface area contributed by atoms with Crippen molar-refractivity contribution in [3.8, 4) is 0 Å². The van der Waals surface area contributed by atoms with E-state index in [1.54, 1.807) is 24.3 Å². The SMILES string of the molecule is Cc1cccc(CCC(=O)c2ccc(Cl)cc2)c1. The molecule has 2 heteroatoms. The molecule has 2 aromatic rings. The van der Waals surface area contributed by atoms with Gasteiger partial charge >= 0.3 is 0 Å². The van der Waals surface area contributed by atoms with Crippen LogP contribution in [0.15, 0.2) is 48.5 Å². The number of Topliss-reactive ketones (excluding diaryl/α,β-unsaturated/α-hetero) is 1. The Labute approximate surface area is 112 Å². The lowest BCUT2D eigenvalue weighted by Crippen LogP contribution is -2.01. The van der Waals surface area contributed by atoms with Gasteiger partial charge in [-0.25, -0.2) is 0 Å². The normalized spacial score (nSPS) is 10.3. The topological polar surface area (TPSA) is 17.1 Å². The summed E-state index contributed by atoms with van der Waals surface area (Å²) >= 11 is 5.80. The smallest absolute Gasteiger partial charge is 0.163 e. The summed E-state index contributed by atoms with van der Waals surface area (Å²) in [5, 5.41) is 0.658. The fourth-order valence-electron chi connectivity index (χ4n) is 1.91. The Morgan fingerprint density at radius 3 is 2.50 bits per heavy atom. The fourth-order valence-corrected chi connectivity index (χ4v) is 2.03. The van der Waals surface area contributed by atoms with E-state index in [1.165, 1.54) is 11.1 Å². The van der Waals surface area contributed by atoms with Crippen LogP contribution >= 0.6 is 11.6 Å². The number of hydrogen-bond donors (Lipinski definition) is 0. The van der Waals surface area contributed by atoms with Crippen LogP contribution in [-0.2, 0) is 6.42 Å². The molecule has 0 saturated carbocycles. The van der Waals surface area contributed by atoms with Gasteiger partial charge in [-0.2, -0.15) is 0 Å². The van der Waals surface area contributed by atoms with E-state index in [0.29, 0.717) is 11.4 Å². The van der Waals surface area contributed by atoms with Gasteiger partial charge in [0, 0.05) is 17.0 Å². The first-order valence-corrected chi connectivity index (χ1v) is 6.37. The highest BCUT2D eigenvalue weighted by Crippen LogP contribution is 2.13. The number of benzene rings is 2. The van der Waals surface area contributed by atoms with Crippen molar-refractivity contribution in [1.29, 1.82) is 0 Å². The number of carbonyl (C=O) groups excluding carboxylic acids is 1. The van der Waals surface area contributed by atoms with Crippen LogP contribution in [0.25, 0.3) is 0 Å². The fraction of sp³-hybridized carbons (Fsp3) is 0.188. The Morgan fingerprint density at radius 2 is 1.83 bits per heavy atom. The Bertz CT molecular complexity index is 543.